The Kier molecular flexibility index (Phi) is 4.83. The van der Waals surface area contributed by atoms with E-state index in [1.165, 1.54) is 0 Å². The van der Waals surface area contributed by atoms with Gasteiger partial charge in [-0.1, -0.05) is 59.3 Å². The van der Waals surface area contributed by atoms with E-state index in [0.717, 1.165) is 11.3 Å². The summed E-state index contributed by atoms with van der Waals surface area (Å²) in [6.45, 7) is 3.45. The van der Waals surface area contributed by atoms with Gasteiger partial charge in [0.05, 0.1) is 24.6 Å². The number of allylic oxidation sites excluding steroid dienone is 3. The molecular weight excluding hydrogens is 304 g/mol. The molecule has 2 nitrogen and oxygen atoms in total. The lowest BCUT2D eigenvalue weighted by Gasteiger charge is -2.30. The first-order chi connectivity index (χ1) is 9.14. The van der Waals surface area contributed by atoms with E-state index >= 15 is 0 Å². The SMILES string of the molecule is COc1ccc(COCC2(Br)C=CC=CC2C)cc1. The predicted octanol–water partition coefficient (Wildman–Crippen LogP) is 4.11. The summed E-state index contributed by atoms with van der Waals surface area (Å²) in [7, 11) is 1.67. The third kappa shape index (κ3) is 3.71. The fourth-order valence-corrected chi connectivity index (χ4v) is 2.45. The van der Waals surface area contributed by atoms with Crippen LogP contribution >= 0.6 is 15.9 Å². The molecule has 0 aromatic heterocycles. The van der Waals surface area contributed by atoms with E-state index in [-0.39, 0.29) is 4.32 Å². The molecule has 2 rings (SSSR count). The van der Waals surface area contributed by atoms with E-state index < -0.39 is 0 Å². The molecule has 0 saturated heterocycles. The standard InChI is InChI=1S/C16H19BrO2/c1-13-5-3-4-10-16(13,17)12-19-11-14-6-8-15(18-2)9-7-14/h3-10,13H,11-12H2,1-2H3. The maximum atomic E-state index is 5.83. The number of benzene rings is 1. The van der Waals surface area contributed by atoms with Crippen molar-refractivity contribution in [3.05, 3.63) is 54.1 Å². The van der Waals surface area contributed by atoms with Gasteiger partial charge >= 0.3 is 0 Å². The van der Waals surface area contributed by atoms with Gasteiger partial charge in [0.2, 0.25) is 0 Å². The monoisotopic (exact) mass is 322 g/mol. The summed E-state index contributed by atoms with van der Waals surface area (Å²) in [6.07, 6.45) is 8.48. The van der Waals surface area contributed by atoms with Crippen LogP contribution in [0.25, 0.3) is 0 Å². The molecular formula is C16H19BrO2. The molecule has 1 aromatic rings. The maximum Gasteiger partial charge on any atom is 0.118 e. The Balaban J connectivity index is 1.86. The summed E-state index contributed by atoms with van der Waals surface area (Å²) in [5.74, 6) is 1.29. The third-order valence-electron chi connectivity index (χ3n) is 3.39. The van der Waals surface area contributed by atoms with Crippen molar-refractivity contribution in [3.8, 4) is 5.75 Å². The average molecular weight is 323 g/mol. The number of alkyl halides is 1. The molecule has 0 saturated carbocycles. The molecule has 0 radical (unpaired) electrons. The van der Waals surface area contributed by atoms with Crippen LogP contribution in [0, 0.1) is 5.92 Å². The van der Waals surface area contributed by atoms with E-state index in [9.17, 15) is 0 Å². The van der Waals surface area contributed by atoms with Crippen molar-refractivity contribution in [2.75, 3.05) is 13.7 Å². The van der Waals surface area contributed by atoms with Gasteiger partial charge in [-0.05, 0) is 23.6 Å². The van der Waals surface area contributed by atoms with Crippen LogP contribution in [-0.4, -0.2) is 18.0 Å². The fourth-order valence-electron chi connectivity index (χ4n) is 1.98. The highest BCUT2D eigenvalue weighted by Gasteiger charge is 2.30. The van der Waals surface area contributed by atoms with Crippen LogP contribution < -0.4 is 4.74 Å². The number of hydrogen-bond acceptors (Lipinski definition) is 2. The highest BCUT2D eigenvalue weighted by atomic mass is 79.9. The lowest BCUT2D eigenvalue weighted by molar-refractivity contribution is 0.102. The van der Waals surface area contributed by atoms with Crippen LogP contribution in [0.2, 0.25) is 0 Å². The number of rotatable bonds is 5. The summed E-state index contributed by atoms with van der Waals surface area (Å²) >= 11 is 3.77. The van der Waals surface area contributed by atoms with Gasteiger partial charge < -0.3 is 9.47 Å². The molecule has 0 aliphatic heterocycles. The molecule has 1 aromatic carbocycles. The topological polar surface area (TPSA) is 18.5 Å². The second-order valence-corrected chi connectivity index (χ2v) is 6.28. The molecule has 1 aliphatic carbocycles. The van der Waals surface area contributed by atoms with Gasteiger partial charge in [-0.2, -0.15) is 0 Å². The molecule has 19 heavy (non-hydrogen) atoms. The Morgan fingerprint density at radius 2 is 1.95 bits per heavy atom. The van der Waals surface area contributed by atoms with Crippen LogP contribution in [-0.2, 0) is 11.3 Å². The van der Waals surface area contributed by atoms with E-state index in [1.807, 2.05) is 24.3 Å². The Bertz CT molecular complexity index is 464. The molecule has 0 spiro atoms. The van der Waals surface area contributed by atoms with Crippen molar-refractivity contribution < 1.29 is 9.47 Å². The second-order valence-electron chi connectivity index (χ2n) is 4.80. The lowest BCUT2D eigenvalue weighted by atomic mass is 9.90. The maximum absolute atomic E-state index is 5.83. The van der Waals surface area contributed by atoms with E-state index in [0.29, 0.717) is 19.1 Å². The normalized spacial score (nSPS) is 25.5. The van der Waals surface area contributed by atoms with Gasteiger partial charge in [0.15, 0.2) is 0 Å². The second kappa shape index (κ2) is 6.40. The zero-order valence-corrected chi connectivity index (χ0v) is 12.9. The predicted molar refractivity (Wildman–Crippen MR) is 81.8 cm³/mol. The molecule has 1 aliphatic rings. The summed E-state index contributed by atoms with van der Waals surface area (Å²) in [5, 5.41) is 0. The molecule has 0 N–H and O–H groups in total. The third-order valence-corrected chi connectivity index (χ3v) is 4.61. The molecule has 0 fully saturated rings. The zero-order chi connectivity index (χ0) is 13.7. The first-order valence-electron chi connectivity index (χ1n) is 6.40. The smallest absolute Gasteiger partial charge is 0.118 e. The zero-order valence-electron chi connectivity index (χ0n) is 11.3. The Hall–Kier alpha value is -1.06. The number of halogens is 1. The van der Waals surface area contributed by atoms with Crippen LogP contribution in [0.3, 0.4) is 0 Å². The van der Waals surface area contributed by atoms with Gasteiger partial charge in [-0.3, -0.25) is 0 Å². The molecule has 0 amide bonds. The summed E-state index contributed by atoms with van der Waals surface area (Å²) in [6, 6.07) is 7.96. The Morgan fingerprint density at radius 3 is 2.58 bits per heavy atom. The molecule has 102 valence electrons. The van der Waals surface area contributed by atoms with Crippen molar-refractivity contribution in [1.29, 1.82) is 0 Å². The van der Waals surface area contributed by atoms with Crippen LogP contribution in [0.5, 0.6) is 5.75 Å². The van der Waals surface area contributed by atoms with Gasteiger partial charge in [-0.25, -0.2) is 0 Å². The minimum absolute atomic E-state index is 0.0891. The van der Waals surface area contributed by atoms with Gasteiger partial charge in [0.25, 0.3) is 0 Å². The molecule has 2 unspecified atom stereocenters. The minimum Gasteiger partial charge on any atom is -0.497 e. The van der Waals surface area contributed by atoms with E-state index in [1.54, 1.807) is 7.11 Å². The Morgan fingerprint density at radius 1 is 1.21 bits per heavy atom. The fraction of sp³-hybridized carbons (Fsp3) is 0.375. The largest absolute Gasteiger partial charge is 0.497 e. The van der Waals surface area contributed by atoms with Crippen molar-refractivity contribution in [2.45, 2.75) is 17.9 Å². The van der Waals surface area contributed by atoms with Crippen molar-refractivity contribution in [2.24, 2.45) is 5.92 Å². The van der Waals surface area contributed by atoms with E-state index in [4.69, 9.17) is 9.47 Å². The molecule has 0 bridgehead atoms. The highest BCUT2D eigenvalue weighted by Crippen LogP contribution is 2.33. The number of hydrogen-bond donors (Lipinski definition) is 0. The van der Waals surface area contributed by atoms with Gasteiger partial charge in [0.1, 0.15) is 5.75 Å². The van der Waals surface area contributed by atoms with Crippen LogP contribution in [0.4, 0.5) is 0 Å². The molecule has 2 atom stereocenters. The molecule has 0 heterocycles. The van der Waals surface area contributed by atoms with Crippen molar-refractivity contribution >= 4 is 15.9 Å². The minimum atomic E-state index is -0.0891. The first kappa shape index (κ1) is 14.4. The lowest BCUT2D eigenvalue weighted by Crippen LogP contribution is -2.33. The summed E-state index contributed by atoms with van der Waals surface area (Å²) < 4.78 is 10.9. The van der Waals surface area contributed by atoms with Crippen LogP contribution in [0.1, 0.15) is 12.5 Å². The van der Waals surface area contributed by atoms with Gasteiger partial charge in [0, 0.05) is 0 Å². The Labute approximate surface area is 123 Å². The average Bonchev–Trinajstić information content (AvgIpc) is 2.43. The molecule has 3 heteroatoms. The van der Waals surface area contributed by atoms with Crippen molar-refractivity contribution in [3.63, 3.8) is 0 Å². The van der Waals surface area contributed by atoms with E-state index in [2.05, 4.69) is 47.2 Å². The summed E-state index contributed by atoms with van der Waals surface area (Å²) in [4.78, 5) is 0. The summed E-state index contributed by atoms with van der Waals surface area (Å²) in [5.41, 5.74) is 1.15. The number of ether oxygens (including phenoxy) is 2. The first-order valence-corrected chi connectivity index (χ1v) is 7.19. The van der Waals surface area contributed by atoms with Crippen LogP contribution in [0.15, 0.2) is 48.6 Å². The van der Waals surface area contributed by atoms with Gasteiger partial charge in [-0.15, -0.1) is 0 Å². The quantitative estimate of drug-likeness (QED) is 0.759. The number of methoxy groups -OCH3 is 1. The van der Waals surface area contributed by atoms with Crippen molar-refractivity contribution in [1.82, 2.24) is 0 Å². The highest BCUT2D eigenvalue weighted by molar-refractivity contribution is 9.10.